The van der Waals surface area contributed by atoms with Crippen LogP contribution in [0.5, 0.6) is 0 Å². The van der Waals surface area contributed by atoms with Crippen LogP contribution in [0.4, 0.5) is 0 Å². The normalized spacial score (nSPS) is 13.2. The van der Waals surface area contributed by atoms with Gasteiger partial charge in [-0.05, 0) is 6.42 Å². The second-order valence-electron chi connectivity index (χ2n) is 2.03. The Morgan fingerprint density at radius 1 is 1.75 bits per heavy atom. The number of nitrogens with zero attached hydrogens (tertiary/aromatic N) is 1. The molecular weight excluding hydrogens is 106 g/mol. The van der Waals surface area contributed by atoms with E-state index in [1.54, 1.807) is 0 Å². The van der Waals surface area contributed by atoms with Crippen molar-refractivity contribution in [3.05, 3.63) is 10.1 Å². The Morgan fingerprint density at radius 3 is 2.38 bits per heavy atom. The first-order valence-corrected chi connectivity index (χ1v) is 2.78. The third kappa shape index (κ3) is 3.59. The van der Waals surface area contributed by atoms with Crippen molar-refractivity contribution in [2.45, 2.75) is 20.3 Å². The fourth-order valence-corrected chi connectivity index (χ4v) is 0.384. The predicted molar refractivity (Wildman–Crippen MR) is 31.3 cm³/mol. The molecule has 0 spiro atoms. The van der Waals surface area contributed by atoms with E-state index < -0.39 is 0 Å². The molecule has 1 atom stereocenters. The van der Waals surface area contributed by atoms with Gasteiger partial charge in [-0.2, -0.15) is 0 Å². The summed E-state index contributed by atoms with van der Waals surface area (Å²) in [7, 11) is 0. The number of hydrogen-bond acceptors (Lipinski definition) is 2. The first-order valence-electron chi connectivity index (χ1n) is 2.78. The van der Waals surface area contributed by atoms with Gasteiger partial charge in [-0.15, -0.1) is 0 Å². The lowest BCUT2D eigenvalue weighted by atomic mass is 10.1. The first kappa shape index (κ1) is 7.40. The van der Waals surface area contributed by atoms with E-state index in [1.807, 2.05) is 13.8 Å². The molecule has 0 unspecified atom stereocenters. The Kier molecular flexibility index (Phi) is 3.15. The average Bonchev–Trinajstić information content (AvgIpc) is 1.65. The van der Waals surface area contributed by atoms with Crippen molar-refractivity contribution >= 4 is 0 Å². The Morgan fingerprint density at radius 2 is 2.25 bits per heavy atom. The molecule has 0 aliphatic heterocycles. The standard InChI is InChI=1S/C5H11NO2/c1-3-5(2)4-6(7)8/h5H,3-4H2,1-2H3/t5-/m0/s1. The molecule has 3 nitrogen and oxygen atoms in total. The quantitative estimate of drug-likeness (QED) is 0.413. The minimum atomic E-state index is -0.270. The summed E-state index contributed by atoms with van der Waals surface area (Å²) in [6.07, 6.45) is 0.890. The molecule has 0 saturated carbocycles. The second-order valence-corrected chi connectivity index (χ2v) is 2.03. The highest BCUT2D eigenvalue weighted by Gasteiger charge is 2.04. The molecule has 0 radical (unpaired) electrons. The molecule has 0 aromatic rings. The van der Waals surface area contributed by atoms with Crippen molar-refractivity contribution in [3.8, 4) is 0 Å². The molecule has 48 valence electrons. The average molecular weight is 117 g/mol. The summed E-state index contributed by atoms with van der Waals surface area (Å²) in [4.78, 5) is 9.50. The van der Waals surface area contributed by atoms with Crippen molar-refractivity contribution in [1.29, 1.82) is 0 Å². The molecule has 0 rings (SSSR count). The maximum atomic E-state index is 9.77. The molecule has 0 heterocycles. The van der Waals surface area contributed by atoms with Crippen LogP contribution in [-0.2, 0) is 0 Å². The van der Waals surface area contributed by atoms with Gasteiger partial charge in [0, 0.05) is 10.8 Å². The van der Waals surface area contributed by atoms with Gasteiger partial charge in [0.15, 0.2) is 0 Å². The minimum Gasteiger partial charge on any atom is -0.265 e. The maximum absolute atomic E-state index is 9.77. The van der Waals surface area contributed by atoms with Crippen molar-refractivity contribution < 1.29 is 4.92 Å². The molecule has 8 heavy (non-hydrogen) atoms. The van der Waals surface area contributed by atoms with E-state index in [-0.39, 0.29) is 17.4 Å². The molecule has 3 heteroatoms. The Balaban J connectivity index is 3.24. The number of hydrogen-bond donors (Lipinski definition) is 0. The van der Waals surface area contributed by atoms with Crippen LogP contribution in [0.3, 0.4) is 0 Å². The Labute approximate surface area is 48.9 Å². The van der Waals surface area contributed by atoms with Crippen LogP contribution < -0.4 is 0 Å². The van der Waals surface area contributed by atoms with E-state index in [0.29, 0.717) is 0 Å². The lowest BCUT2D eigenvalue weighted by molar-refractivity contribution is -0.487. The van der Waals surface area contributed by atoms with E-state index in [4.69, 9.17) is 0 Å². The van der Waals surface area contributed by atoms with E-state index in [2.05, 4.69) is 0 Å². The molecule has 0 N–H and O–H groups in total. The van der Waals surface area contributed by atoms with Gasteiger partial charge in [0.1, 0.15) is 0 Å². The van der Waals surface area contributed by atoms with Crippen molar-refractivity contribution in [3.63, 3.8) is 0 Å². The molecule has 0 bridgehead atoms. The third-order valence-electron chi connectivity index (χ3n) is 1.16. The largest absolute Gasteiger partial charge is 0.265 e. The first-order chi connectivity index (χ1) is 3.66. The minimum absolute atomic E-state index is 0.108. The highest BCUT2D eigenvalue weighted by Crippen LogP contribution is 1.98. The smallest absolute Gasteiger partial charge is 0.206 e. The van der Waals surface area contributed by atoms with E-state index >= 15 is 0 Å². The molecule has 0 saturated heterocycles. The highest BCUT2D eigenvalue weighted by atomic mass is 16.6. The third-order valence-corrected chi connectivity index (χ3v) is 1.16. The zero-order chi connectivity index (χ0) is 6.57. The molecule has 0 aromatic heterocycles. The summed E-state index contributed by atoms with van der Waals surface area (Å²) in [5.41, 5.74) is 0. The summed E-state index contributed by atoms with van der Waals surface area (Å²) in [6.45, 7) is 3.94. The Hall–Kier alpha value is -0.600. The van der Waals surface area contributed by atoms with Gasteiger partial charge in [0.2, 0.25) is 6.54 Å². The monoisotopic (exact) mass is 117 g/mol. The molecule has 0 aliphatic rings. The molecule has 0 aromatic carbocycles. The van der Waals surface area contributed by atoms with Crippen LogP contribution in [0.15, 0.2) is 0 Å². The fraction of sp³-hybridized carbons (Fsp3) is 1.00. The maximum Gasteiger partial charge on any atom is 0.206 e. The molecule has 0 amide bonds. The Bertz CT molecular complexity index is 82.5. The number of rotatable bonds is 3. The van der Waals surface area contributed by atoms with Crippen LogP contribution in [0, 0.1) is 16.0 Å². The molecular formula is C5H11NO2. The van der Waals surface area contributed by atoms with Gasteiger partial charge < -0.3 is 0 Å². The van der Waals surface area contributed by atoms with Gasteiger partial charge in [-0.1, -0.05) is 13.8 Å². The van der Waals surface area contributed by atoms with Crippen molar-refractivity contribution in [1.82, 2.24) is 0 Å². The van der Waals surface area contributed by atoms with Crippen LogP contribution in [0.25, 0.3) is 0 Å². The summed E-state index contributed by atoms with van der Waals surface area (Å²) in [5, 5.41) is 9.77. The lowest BCUT2D eigenvalue weighted by Crippen LogP contribution is -2.09. The predicted octanol–water partition coefficient (Wildman–Crippen LogP) is 1.31. The van der Waals surface area contributed by atoms with E-state index in [0.717, 1.165) is 6.42 Å². The summed E-state index contributed by atoms with van der Waals surface area (Å²) in [6, 6.07) is 0. The van der Waals surface area contributed by atoms with E-state index in [9.17, 15) is 10.1 Å². The van der Waals surface area contributed by atoms with Gasteiger partial charge in [-0.25, -0.2) is 0 Å². The van der Waals surface area contributed by atoms with Crippen LogP contribution in [0.1, 0.15) is 20.3 Å². The SMILES string of the molecule is CC[C@H](C)C[N+](=O)[O-]. The second kappa shape index (κ2) is 3.41. The van der Waals surface area contributed by atoms with Crippen molar-refractivity contribution in [2.24, 2.45) is 5.92 Å². The fourth-order valence-electron chi connectivity index (χ4n) is 0.384. The van der Waals surface area contributed by atoms with Gasteiger partial charge in [-0.3, -0.25) is 10.1 Å². The van der Waals surface area contributed by atoms with Gasteiger partial charge >= 0.3 is 0 Å². The summed E-state index contributed by atoms with van der Waals surface area (Å²) in [5.74, 6) is 0.227. The lowest BCUT2D eigenvalue weighted by Gasteiger charge is -1.98. The zero-order valence-electron chi connectivity index (χ0n) is 5.26. The summed E-state index contributed by atoms with van der Waals surface area (Å²) >= 11 is 0. The van der Waals surface area contributed by atoms with E-state index in [1.165, 1.54) is 0 Å². The van der Waals surface area contributed by atoms with Gasteiger partial charge in [0.25, 0.3) is 0 Å². The van der Waals surface area contributed by atoms with Crippen LogP contribution in [0.2, 0.25) is 0 Å². The molecule has 0 fully saturated rings. The van der Waals surface area contributed by atoms with Crippen molar-refractivity contribution in [2.75, 3.05) is 6.54 Å². The van der Waals surface area contributed by atoms with Gasteiger partial charge in [0.05, 0.1) is 0 Å². The zero-order valence-corrected chi connectivity index (χ0v) is 5.26. The molecule has 0 aliphatic carbocycles. The van der Waals surface area contributed by atoms with Crippen LogP contribution in [-0.4, -0.2) is 11.5 Å². The summed E-state index contributed by atoms with van der Waals surface area (Å²) < 4.78 is 0. The highest BCUT2D eigenvalue weighted by molar-refractivity contribution is 4.43. The van der Waals surface area contributed by atoms with Crippen LogP contribution >= 0.6 is 0 Å². The number of nitro groups is 1. The topological polar surface area (TPSA) is 43.1 Å².